The lowest BCUT2D eigenvalue weighted by molar-refractivity contribution is -0.254. The van der Waals surface area contributed by atoms with Crippen molar-refractivity contribution < 1.29 is 29.0 Å². The first-order valence-electron chi connectivity index (χ1n) is 8.35. The van der Waals surface area contributed by atoms with E-state index in [1.165, 1.54) is 32.4 Å². The first-order valence-corrected chi connectivity index (χ1v) is 8.35. The third-order valence-corrected chi connectivity index (χ3v) is 4.75. The minimum Gasteiger partial charge on any atom is -0.545 e. The van der Waals surface area contributed by atoms with Crippen LogP contribution in [-0.2, 0) is 0 Å². The maximum Gasteiger partial charge on any atom is 0.266 e. The number of rotatable bonds is 4. The topological polar surface area (TPSA) is 96.0 Å². The van der Waals surface area contributed by atoms with Crippen LogP contribution in [-0.4, -0.2) is 32.0 Å². The molecule has 0 N–H and O–H groups in total. The maximum absolute atomic E-state index is 13.2. The number of ether oxygens (including phenoxy) is 2. The van der Waals surface area contributed by atoms with Crippen LogP contribution >= 0.6 is 0 Å². The summed E-state index contributed by atoms with van der Waals surface area (Å²) in [5, 5.41) is 12.0. The Kier molecular flexibility index (Phi) is 4.00. The van der Waals surface area contributed by atoms with Crippen molar-refractivity contribution in [2.45, 2.75) is 0 Å². The van der Waals surface area contributed by atoms with Gasteiger partial charge in [-0.3, -0.25) is 9.59 Å². The Morgan fingerprint density at radius 1 is 0.929 bits per heavy atom. The Bertz CT molecular complexity index is 1140. The second-order valence-electron chi connectivity index (χ2n) is 6.16. The fourth-order valence-electron chi connectivity index (χ4n) is 3.46. The number of carboxylic acid groups (broad SMARTS) is 1. The highest BCUT2D eigenvalue weighted by Crippen LogP contribution is 2.39. The fraction of sp³-hybridized carbons (Fsp3) is 0.0952. The second-order valence-corrected chi connectivity index (χ2v) is 6.16. The molecule has 0 radical (unpaired) electrons. The molecule has 4 rings (SSSR count). The monoisotopic (exact) mass is 376 g/mol. The Balaban J connectivity index is 1.99. The zero-order chi connectivity index (χ0) is 20.0. The number of amides is 2. The van der Waals surface area contributed by atoms with Gasteiger partial charge < -0.3 is 19.4 Å². The summed E-state index contributed by atoms with van der Waals surface area (Å²) in [5.41, 5.74) is 0.609. The lowest BCUT2D eigenvalue weighted by Gasteiger charge is -2.29. The van der Waals surface area contributed by atoms with Crippen LogP contribution in [0.2, 0.25) is 0 Å². The minimum absolute atomic E-state index is 0.0754. The molecule has 7 heteroatoms. The molecular weight excluding hydrogens is 362 g/mol. The van der Waals surface area contributed by atoms with Gasteiger partial charge in [0, 0.05) is 28.1 Å². The molecule has 0 fully saturated rings. The van der Waals surface area contributed by atoms with Crippen molar-refractivity contribution in [1.29, 1.82) is 0 Å². The van der Waals surface area contributed by atoms with Gasteiger partial charge in [-0.2, -0.15) is 0 Å². The minimum atomic E-state index is -1.37. The number of anilines is 1. The zero-order valence-electron chi connectivity index (χ0n) is 15.0. The Morgan fingerprint density at radius 3 is 2.29 bits per heavy atom. The van der Waals surface area contributed by atoms with Crippen LogP contribution in [0.5, 0.6) is 11.5 Å². The molecule has 3 aromatic carbocycles. The van der Waals surface area contributed by atoms with E-state index < -0.39 is 17.8 Å². The number of methoxy groups -OCH3 is 2. The first-order chi connectivity index (χ1) is 13.5. The number of nitrogens with zero attached hydrogens (tertiary/aromatic N) is 1. The molecule has 2 amide bonds. The molecule has 0 saturated heterocycles. The second kappa shape index (κ2) is 6.38. The molecule has 1 aliphatic heterocycles. The summed E-state index contributed by atoms with van der Waals surface area (Å²) in [7, 11) is 2.91. The maximum atomic E-state index is 13.2. The van der Waals surface area contributed by atoms with Crippen molar-refractivity contribution >= 4 is 34.2 Å². The predicted octanol–water partition coefficient (Wildman–Crippen LogP) is 2.02. The van der Waals surface area contributed by atoms with Crippen LogP contribution in [0.25, 0.3) is 10.8 Å². The number of carboxylic acids is 1. The van der Waals surface area contributed by atoms with Crippen LogP contribution in [0.4, 0.5) is 5.69 Å². The van der Waals surface area contributed by atoms with Gasteiger partial charge in [-0.05, 0) is 29.7 Å². The highest BCUT2D eigenvalue weighted by Gasteiger charge is 2.36. The average Bonchev–Trinajstić information content (AvgIpc) is 2.71. The Morgan fingerprint density at radius 2 is 1.64 bits per heavy atom. The summed E-state index contributed by atoms with van der Waals surface area (Å²) in [6.45, 7) is 0. The largest absolute Gasteiger partial charge is 0.545 e. The van der Waals surface area contributed by atoms with Crippen LogP contribution < -0.4 is 19.5 Å². The van der Waals surface area contributed by atoms with E-state index in [0.717, 1.165) is 4.90 Å². The number of hydrogen-bond donors (Lipinski definition) is 0. The highest BCUT2D eigenvalue weighted by atomic mass is 16.5. The van der Waals surface area contributed by atoms with E-state index in [1.807, 2.05) is 0 Å². The number of imide groups is 1. The fourth-order valence-corrected chi connectivity index (χ4v) is 3.46. The van der Waals surface area contributed by atoms with E-state index in [0.29, 0.717) is 16.9 Å². The van der Waals surface area contributed by atoms with Gasteiger partial charge in [0.05, 0.1) is 25.9 Å². The molecule has 140 valence electrons. The standard InChI is InChI=1S/C21H15NO6/c1-27-11-6-9-17(28-2)16(10-11)22-19(23)14-5-3-4-12-13(21(25)26)7-8-15(18(12)14)20(22)24/h3-10H,1-2H3,(H,25,26)/p-1. The molecule has 0 aromatic heterocycles. The predicted molar refractivity (Wildman–Crippen MR) is 99.0 cm³/mol. The summed E-state index contributed by atoms with van der Waals surface area (Å²) in [6.07, 6.45) is 0. The number of hydrogen-bond acceptors (Lipinski definition) is 6. The molecule has 0 atom stereocenters. The first kappa shape index (κ1) is 17.5. The zero-order valence-corrected chi connectivity index (χ0v) is 15.0. The number of carbonyl (C=O) groups is 3. The molecule has 7 nitrogen and oxygen atoms in total. The lowest BCUT2D eigenvalue weighted by Crippen LogP contribution is -2.41. The Hall–Kier alpha value is -3.87. The number of benzene rings is 3. The van der Waals surface area contributed by atoms with E-state index in [2.05, 4.69) is 0 Å². The van der Waals surface area contributed by atoms with Crippen LogP contribution in [0.1, 0.15) is 31.1 Å². The summed E-state index contributed by atoms with van der Waals surface area (Å²) in [5.74, 6) is -1.76. The molecule has 3 aromatic rings. The third kappa shape index (κ3) is 2.40. The van der Waals surface area contributed by atoms with Gasteiger partial charge in [0.2, 0.25) is 0 Å². The molecular formula is C21H14NO6-. The molecule has 0 aliphatic carbocycles. The molecule has 0 bridgehead atoms. The SMILES string of the molecule is COc1ccc(OC)c(N2C(=O)c3cccc4c(C(=O)[O-])ccc(c34)C2=O)c1. The molecule has 28 heavy (non-hydrogen) atoms. The molecule has 0 unspecified atom stereocenters. The molecule has 1 heterocycles. The van der Waals surface area contributed by atoms with Crippen molar-refractivity contribution in [3.05, 3.63) is 65.2 Å². The van der Waals surface area contributed by atoms with Crippen LogP contribution in [0.15, 0.2) is 48.5 Å². The third-order valence-electron chi connectivity index (χ3n) is 4.75. The van der Waals surface area contributed by atoms with Crippen molar-refractivity contribution in [2.75, 3.05) is 19.1 Å². The van der Waals surface area contributed by atoms with Gasteiger partial charge >= 0.3 is 0 Å². The number of aromatic carboxylic acids is 1. The summed E-state index contributed by atoms with van der Waals surface area (Å²) in [6, 6.07) is 12.2. The Labute approximate surface area is 159 Å². The van der Waals surface area contributed by atoms with Gasteiger partial charge in [0.15, 0.2) is 0 Å². The number of carbonyl (C=O) groups excluding carboxylic acids is 3. The van der Waals surface area contributed by atoms with Gasteiger partial charge in [-0.15, -0.1) is 0 Å². The van der Waals surface area contributed by atoms with Crippen LogP contribution in [0.3, 0.4) is 0 Å². The van der Waals surface area contributed by atoms with E-state index >= 15 is 0 Å². The highest BCUT2D eigenvalue weighted by molar-refractivity contribution is 6.36. The summed E-state index contributed by atoms with van der Waals surface area (Å²) in [4.78, 5) is 38.9. The van der Waals surface area contributed by atoms with Gasteiger partial charge in [-0.1, -0.05) is 18.2 Å². The molecule has 0 spiro atoms. The normalized spacial score (nSPS) is 13.0. The van der Waals surface area contributed by atoms with E-state index in [-0.39, 0.29) is 27.8 Å². The molecule has 1 aliphatic rings. The molecule has 0 saturated carbocycles. The van der Waals surface area contributed by atoms with Crippen molar-refractivity contribution in [1.82, 2.24) is 0 Å². The van der Waals surface area contributed by atoms with Crippen LogP contribution in [0, 0.1) is 0 Å². The van der Waals surface area contributed by atoms with Crippen molar-refractivity contribution in [3.63, 3.8) is 0 Å². The van der Waals surface area contributed by atoms with Crippen molar-refractivity contribution in [3.8, 4) is 11.5 Å². The van der Waals surface area contributed by atoms with E-state index in [1.54, 1.807) is 30.3 Å². The van der Waals surface area contributed by atoms with Gasteiger partial charge in [-0.25, -0.2) is 4.90 Å². The quantitative estimate of drug-likeness (QED) is 0.647. The summed E-state index contributed by atoms with van der Waals surface area (Å²) < 4.78 is 10.5. The van der Waals surface area contributed by atoms with Gasteiger partial charge in [0.25, 0.3) is 11.8 Å². The average molecular weight is 376 g/mol. The van der Waals surface area contributed by atoms with Gasteiger partial charge in [0.1, 0.15) is 11.5 Å². The van der Waals surface area contributed by atoms with Crippen molar-refractivity contribution in [2.24, 2.45) is 0 Å². The lowest BCUT2D eigenvalue weighted by atomic mass is 9.91. The summed E-state index contributed by atoms with van der Waals surface area (Å²) >= 11 is 0. The van der Waals surface area contributed by atoms with E-state index in [9.17, 15) is 19.5 Å². The smallest absolute Gasteiger partial charge is 0.266 e. The van der Waals surface area contributed by atoms with E-state index in [4.69, 9.17) is 9.47 Å².